The Bertz CT molecular complexity index is 292. The topological polar surface area (TPSA) is 30.5 Å². The maximum atomic E-state index is 6.62. The van der Waals surface area contributed by atoms with E-state index < -0.39 is 0 Å². The highest BCUT2D eigenvalue weighted by atomic mass is 16.5. The Labute approximate surface area is 124 Å². The SMILES string of the molecule is COC1CCCC(OC2(CNC(C)(C)C)CCCC2)C1. The van der Waals surface area contributed by atoms with Crippen LogP contribution in [-0.4, -0.2) is 37.0 Å². The van der Waals surface area contributed by atoms with Gasteiger partial charge >= 0.3 is 0 Å². The molecule has 0 heterocycles. The van der Waals surface area contributed by atoms with Crippen LogP contribution in [-0.2, 0) is 9.47 Å². The molecule has 0 aromatic heterocycles. The first-order chi connectivity index (χ1) is 9.42. The summed E-state index contributed by atoms with van der Waals surface area (Å²) in [6.07, 6.45) is 10.6. The first-order valence-electron chi connectivity index (χ1n) is 8.38. The zero-order valence-electron chi connectivity index (χ0n) is 13.8. The minimum atomic E-state index is 0.0770. The Hall–Kier alpha value is -0.120. The fraction of sp³-hybridized carbons (Fsp3) is 1.00. The van der Waals surface area contributed by atoms with Crippen LogP contribution in [0.3, 0.4) is 0 Å². The minimum Gasteiger partial charge on any atom is -0.381 e. The molecule has 0 bridgehead atoms. The summed E-state index contributed by atoms with van der Waals surface area (Å²) in [4.78, 5) is 0. The highest BCUT2D eigenvalue weighted by molar-refractivity contribution is 4.92. The molecule has 2 aliphatic carbocycles. The number of ether oxygens (including phenoxy) is 2. The van der Waals surface area contributed by atoms with Crippen molar-refractivity contribution >= 4 is 0 Å². The van der Waals surface area contributed by atoms with E-state index in [9.17, 15) is 0 Å². The molecule has 0 amide bonds. The summed E-state index contributed by atoms with van der Waals surface area (Å²) < 4.78 is 12.2. The lowest BCUT2D eigenvalue weighted by molar-refractivity contribution is -0.120. The van der Waals surface area contributed by atoms with Crippen LogP contribution in [0.1, 0.15) is 72.1 Å². The van der Waals surface area contributed by atoms with E-state index in [1.54, 1.807) is 0 Å². The summed E-state index contributed by atoms with van der Waals surface area (Å²) in [7, 11) is 1.83. The van der Waals surface area contributed by atoms with Gasteiger partial charge in [-0.1, -0.05) is 12.8 Å². The molecule has 2 aliphatic rings. The maximum absolute atomic E-state index is 6.62. The van der Waals surface area contributed by atoms with Gasteiger partial charge in [0.05, 0.1) is 17.8 Å². The first kappa shape index (κ1) is 16.3. The molecule has 0 saturated heterocycles. The molecule has 20 heavy (non-hydrogen) atoms. The quantitative estimate of drug-likeness (QED) is 0.835. The molecule has 0 spiro atoms. The smallest absolute Gasteiger partial charge is 0.0810 e. The van der Waals surface area contributed by atoms with Gasteiger partial charge in [0.15, 0.2) is 0 Å². The fourth-order valence-corrected chi connectivity index (χ4v) is 3.56. The number of hydrogen-bond donors (Lipinski definition) is 1. The number of hydrogen-bond acceptors (Lipinski definition) is 3. The van der Waals surface area contributed by atoms with Gasteiger partial charge in [-0.2, -0.15) is 0 Å². The van der Waals surface area contributed by atoms with Crippen LogP contribution in [0.5, 0.6) is 0 Å². The molecule has 0 aromatic carbocycles. The Morgan fingerprint density at radius 3 is 2.30 bits per heavy atom. The van der Waals surface area contributed by atoms with Crippen molar-refractivity contribution in [3.8, 4) is 0 Å². The molecular formula is C17H33NO2. The summed E-state index contributed by atoms with van der Waals surface area (Å²) in [5.41, 5.74) is 0.244. The number of rotatable bonds is 5. The molecule has 3 nitrogen and oxygen atoms in total. The third-order valence-electron chi connectivity index (χ3n) is 4.78. The Kier molecular flexibility index (Phi) is 5.49. The van der Waals surface area contributed by atoms with Crippen molar-refractivity contribution in [2.75, 3.05) is 13.7 Å². The predicted molar refractivity (Wildman–Crippen MR) is 83.1 cm³/mol. The van der Waals surface area contributed by atoms with Crippen molar-refractivity contribution in [3.63, 3.8) is 0 Å². The van der Waals surface area contributed by atoms with Gasteiger partial charge in [0.2, 0.25) is 0 Å². The molecule has 2 atom stereocenters. The van der Waals surface area contributed by atoms with Gasteiger partial charge in [0.1, 0.15) is 0 Å². The van der Waals surface area contributed by atoms with E-state index in [2.05, 4.69) is 26.1 Å². The van der Waals surface area contributed by atoms with Gasteiger partial charge in [-0.3, -0.25) is 0 Å². The second-order valence-corrected chi connectivity index (χ2v) is 7.76. The van der Waals surface area contributed by atoms with Gasteiger partial charge < -0.3 is 14.8 Å². The largest absolute Gasteiger partial charge is 0.381 e. The third kappa shape index (κ3) is 4.71. The maximum Gasteiger partial charge on any atom is 0.0810 e. The molecular weight excluding hydrogens is 250 g/mol. The molecule has 1 N–H and O–H groups in total. The van der Waals surface area contributed by atoms with Crippen LogP contribution < -0.4 is 5.32 Å². The molecule has 2 saturated carbocycles. The van der Waals surface area contributed by atoms with Gasteiger partial charge in [0, 0.05) is 19.2 Å². The van der Waals surface area contributed by atoms with E-state index in [4.69, 9.17) is 9.47 Å². The Balaban J connectivity index is 1.91. The molecule has 0 aliphatic heterocycles. The van der Waals surface area contributed by atoms with E-state index in [1.165, 1.54) is 44.9 Å². The Morgan fingerprint density at radius 2 is 1.70 bits per heavy atom. The van der Waals surface area contributed by atoms with Crippen molar-refractivity contribution in [1.29, 1.82) is 0 Å². The lowest BCUT2D eigenvalue weighted by atomic mass is 9.93. The zero-order valence-corrected chi connectivity index (χ0v) is 13.8. The second kappa shape index (κ2) is 6.76. The summed E-state index contributed by atoms with van der Waals surface area (Å²) in [6, 6.07) is 0. The highest BCUT2D eigenvalue weighted by Crippen LogP contribution is 2.37. The van der Waals surface area contributed by atoms with Crippen molar-refractivity contribution in [2.24, 2.45) is 0 Å². The van der Waals surface area contributed by atoms with Gasteiger partial charge in [-0.15, -0.1) is 0 Å². The zero-order chi connectivity index (χ0) is 14.6. The number of nitrogens with one attached hydrogen (secondary N) is 1. The molecule has 118 valence electrons. The third-order valence-corrected chi connectivity index (χ3v) is 4.78. The van der Waals surface area contributed by atoms with Gasteiger partial charge in [-0.05, 0) is 59.3 Å². The van der Waals surface area contributed by atoms with Gasteiger partial charge in [-0.25, -0.2) is 0 Å². The summed E-state index contributed by atoms with van der Waals surface area (Å²) in [5, 5.41) is 3.66. The van der Waals surface area contributed by atoms with Crippen LogP contribution in [0.15, 0.2) is 0 Å². The normalized spacial score (nSPS) is 30.6. The molecule has 0 radical (unpaired) electrons. The standard InChI is InChI=1S/C17H33NO2/c1-16(2,3)18-13-17(10-5-6-11-17)20-15-9-7-8-14(12-15)19-4/h14-15,18H,5-13H2,1-4H3. The second-order valence-electron chi connectivity index (χ2n) is 7.76. The van der Waals surface area contributed by atoms with Crippen molar-refractivity contribution in [2.45, 2.75) is 95.5 Å². The van der Waals surface area contributed by atoms with E-state index >= 15 is 0 Å². The van der Waals surface area contributed by atoms with E-state index in [-0.39, 0.29) is 11.1 Å². The van der Waals surface area contributed by atoms with Crippen LogP contribution >= 0.6 is 0 Å². The Morgan fingerprint density at radius 1 is 1.05 bits per heavy atom. The van der Waals surface area contributed by atoms with Gasteiger partial charge in [0.25, 0.3) is 0 Å². The van der Waals surface area contributed by atoms with Crippen LogP contribution in [0.4, 0.5) is 0 Å². The van der Waals surface area contributed by atoms with Crippen LogP contribution in [0, 0.1) is 0 Å². The minimum absolute atomic E-state index is 0.0770. The molecule has 0 aromatic rings. The van der Waals surface area contributed by atoms with E-state index in [0.717, 1.165) is 13.0 Å². The average molecular weight is 283 g/mol. The average Bonchev–Trinajstić information content (AvgIpc) is 2.85. The fourth-order valence-electron chi connectivity index (χ4n) is 3.56. The van der Waals surface area contributed by atoms with E-state index in [0.29, 0.717) is 12.2 Å². The van der Waals surface area contributed by atoms with Crippen molar-refractivity contribution in [1.82, 2.24) is 5.32 Å². The lowest BCUT2D eigenvalue weighted by Crippen LogP contribution is -2.49. The van der Waals surface area contributed by atoms with Crippen molar-refractivity contribution in [3.05, 3.63) is 0 Å². The molecule has 2 unspecified atom stereocenters. The molecule has 2 fully saturated rings. The molecule has 2 rings (SSSR count). The lowest BCUT2D eigenvalue weighted by Gasteiger charge is -2.39. The first-order valence-corrected chi connectivity index (χ1v) is 8.38. The summed E-state index contributed by atoms with van der Waals surface area (Å²) in [6.45, 7) is 7.69. The van der Waals surface area contributed by atoms with Crippen LogP contribution in [0.2, 0.25) is 0 Å². The predicted octanol–water partition coefficient (Wildman–Crippen LogP) is 3.66. The summed E-state index contributed by atoms with van der Waals surface area (Å²) in [5.74, 6) is 0. The molecule has 3 heteroatoms. The highest BCUT2D eigenvalue weighted by Gasteiger charge is 2.38. The van der Waals surface area contributed by atoms with Crippen molar-refractivity contribution < 1.29 is 9.47 Å². The number of methoxy groups -OCH3 is 1. The van der Waals surface area contributed by atoms with Crippen LogP contribution in [0.25, 0.3) is 0 Å². The van der Waals surface area contributed by atoms with E-state index in [1.807, 2.05) is 7.11 Å². The summed E-state index contributed by atoms with van der Waals surface area (Å²) >= 11 is 0. The monoisotopic (exact) mass is 283 g/mol.